The quantitative estimate of drug-likeness (QED) is 0.768. The zero-order chi connectivity index (χ0) is 18.7. The maximum Gasteiger partial charge on any atom is 0.401 e. The molecule has 0 aromatic heterocycles. The van der Waals surface area contributed by atoms with Gasteiger partial charge in [0.05, 0.1) is 13.0 Å². The molecule has 0 saturated carbocycles. The van der Waals surface area contributed by atoms with Gasteiger partial charge in [0.15, 0.2) is 0 Å². The van der Waals surface area contributed by atoms with Gasteiger partial charge in [-0.3, -0.25) is 9.69 Å². The van der Waals surface area contributed by atoms with Crippen LogP contribution in [0.25, 0.3) is 0 Å². The van der Waals surface area contributed by atoms with Crippen molar-refractivity contribution in [2.24, 2.45) is 5.92 Å². The first-order valence-electron chi connectivity index (χ1n) is 9.51. The van der Waals surface area contributed by atoms with Crippen LogP contribution in [-0.2, 0) is 24.1 Å². The Labute approximate surface area is 153 Å². The fourth-order valence-electron chi connectivity index (χ4n) is 4.15. The number of benzene rings is 1. The van der Waals surface area contributed by atoms with Crippen molar-refractivity contribution in [2.45, 2.75) is 45.2 Å². The van der Waals surface area contributed by atoms with Crippen LogP contribution in [0.4, 0.5) is 13.2 Å². The number of amides is 1. The van der Waals surface area contributed by atoms with Gasteiger partial charge in [0.2, 0.25) is 5.91 Å². The molecule has 1 aromatic carbocycles. The van der Waals surface area contributed by atoms with Gasteiger partial charge in [-0.2, -0.15) is 13.2 Å². The number of aryl methyl sites for hydroxylation is 2. The molecule has 1 fully saturated rings. The maximum atomic E-state index is 12.6. The van der Waals surface area contributed by atoms with Crippen LogP contribution < -0.4 is 0 Å². The first-order valence-corrected chi connectivity index (χ1v) is 9.51. The van der Waals surface area contributed by atoms with Gasteiger partial charge < -0.3 is 4.90 Å². The topological polar surface area (TPSA) is 23.6 Å². The monoisotopic (exact) mass is 368 g/mol. The third kappa shape index (κ3) is 5.00. The Kier molecular flexibility index (Phi) is 5.90. The summed E-state index contributed by atoms with van der Waals surface area (Å²) >= 11 is 0. The zero-order valence-electron chi connectivity index (χ0n) is 15.3. The van der Waals surface area contributed by atoms with Crippen LogP contribution in [0.2, 0.25) is 0 Å². The van der Waals surface area contributed by atoms with E-state index < -0.39 is 12.7 Å². The normalized spacial score (nSPS) is 20.0. The van der Waals surface area contributed by atoms with Gasteiger partial charge in [-0.1, -0.05) is 25.1 Å². The SMILES string of the molecule is CCN(C[C@H]1CCN(C(=O)Cc2ccc3c(c2)CCC3)C1)CC(F)(F)F. The van der Waals surface area contributed by atoms with Gasteiger partial charge in [0, 0.05) is 19.6 Å². The van der Waals surface area contributed by atoms with Gasteiger partial charge in [-0.25, -0.2) is 0 Å². The van der Waals surface area contributed by atoms with Crippen LogP contribution in [-0.4, -0.2) is 54.6 Å². The van der Waals surface area contributed by atoms with Crippen LogP contribution in [0.5, 0.6) is 0 Å². The van der Waals surface area contributed by atoms with E-state index >= 15 is 0 Å². The van der Waals surface area contributed by atoms with E-state index in [1.807, 2.05) is 11.0 Å². The molecule has 0 radical (unpaired) electrons. The number of carbonyl (C=O) groups excluding carboxylic acids is 1. The van der Waals surface area contributed by atoms with Crippen LogP contribution in [0.15, 0.2) is 18.2 Å². The predicted octanol–water partition coefficient (Wildman–Crippen LogP) is 3.45. The highest BCUT2D eigenvalue weighted by molar-refractivity contribution is 5.79. The van der Waals surface area contributed by atoms with E-state index in [2.05, 4.69) is 12.1 Å². The number of likely N-dealkylation sites (tertiary alicyclic amines) is 1. The van der Waals surface area contributed by atoms with Crippen molar-refractivity contribution in [3.63, 3.8) is 0 Å². The van der Waals surface area contributed by atoms with Crippen molar-refractivity contribution < 1.29 is 18.0 Å². The summed E-state index contributed by atoms with van der Waals surface area (Å²) in [5, 5.41) is 0. The number of carbonyl (C=O) groups is 1. The second-order valence-corrected chi connectivity index (χ2v) is 7.57. The highest BCUT2D eigenvalue weighted by Crippen LogP contribution is 2.25. The number of hydrogen-bond donors (Lipinski definition) is 0. The maximum absolute atomic E-state index is 12.6. The average molecular weight is 368 g/mol. The number of fused-ring (bicyclic) bond motifs is 1. The number of nitrogens with zero attached hydrogens (tertiary/aromatic N) is 2. The van der Waals surface area contributed by atoms with E-state index in [0.29, 0.717) is 32.6 Å². The summed E-state index contributed by atoms with van der Waals surface area (Å²) in [7, 11) is 0. The molecular weight excluding hydrogens is 341 g/mol. The van der Waals surface area contributed by atoms with E-state index in [0.717, 1.165) is 24.8 Å². The van der Waals surface area contributed by atoms with E-state index in [1.165, 1.54) is 22.4 Å². The van der Waals surface area contributed by atoms with Crippen molar-refractivity contribution >= 4 is 5.91 Å². The number of hydrogen-bond acceptors (Lipinski definition) is 2. The van der Waals surface area contributed by atoms with Crippen molar-refractivity contribution in [1.29, 1.82) is 0 Å². The molecule has 3 nitrogen and oxygen atoms in total. The molecule has 1 atom stereocenters. The van der Waals surface area contributed by atoms with Gasteiger partial charge >= 0.3 is 6.18 Å². The Morgan fingerprint density at radius 2 is 2.04 bits per heavy atom. The molecule has 1 heterocycles. The lowest BCUT2D eigenvalue weighted by Crippen LogP contribution is -2.38. The third-order valence-electron chi connectivity index (χ3n) is 5.52. The highest BCUT2D eigenvalue weighted by Gasteiger charge is 2.33. The summed E-state index contributed by atoms with van der Waals surface area (Å²) in [5.41, 5.74) is 3.80. The predicted molar refractivity (Wildman–Crippen MR) is 95.0 cm³/mol. The van der Waals surface area contributed by atoms with Crippen LogP contribution in [0.1, 0.15) is 36.5 Å². The Morgan fingerprint density at radius 3 is 2.77 bits per heavy atom. The van der Waals surface area contributed by atoms with Gasteiger partial charge in [0.25, 0.3) is 0 Å². The molecule has 144 valence electrons. The lowest BCUT2D eigenvalue weighted by atomic mass is 10.0. The molecule has 2 aliphatic rings. The standard InChI is InChI=1S/C20H27F3N2O/c1-2-24(14-20(21,22)23)12-16-8-9-25(13-16)19(26)11-15-6-7-17-4-3-5-18(17)10-15/h6-7,10,16H,2-5,8-9,11-14H2,1H3/t16-/m1/s1. The average Bonchev–Trinajstić information content (AvgIpc) is 3.21. The first-order chi connectivity index (χ1) is 12.3. The Balaban J connectivity index is 1.51. The third-order valence-corrected chi connectivity index (χ3v) is 5.52. The van der Waals surface area contributed by atoms with Gasteiger partial charge in [0.1, 0.15) is 0 Å². The summed E-state index contributed by atoms with van der Waals surface area (Å²) in [5.74, 6) is 0.214. The summed E-state index contributed by atoms with van der Waals surface area (Å²) in [4.78, 5) is 15.8. The van der Waals surface area contributed by atoms with E-state index in [9.17, 15) is 18.0 Å². The second kappa shape index (κ2) is 7.99. The summed E-state index contributed by atoms with van der Waals surface area (Å²) in [6.07, 6.45) is 0.410. The fourth-order valence-corrected chi connectivity index (χ4v) is 4.15. The molecule has 0 spiro atoms. The van der Waals surface area contributed by atoms with Crippen molar-refractivity contribution in [3.8, 4) is 0 Å². The van der Waals surface area contributed by atoms with E-state index in [-0.39, 0.29) is 11.8 Å². The summed E-state index contributed by atoms with van der Waals surface area (Å²) < 4.78 is 37.8. The molecule has 6 heteroatoms. The van der Waals surface area contributed by atoms with Crippen molar-refractivity contribution in [1.82, 2.24) is 9.80 Å². The van der Waals surface area contributed by atoms with Crippen molar-refractivity contribution in [3.05, 3.63) is 34.9 Å². The zero-order valence-corrected chi connectivity index (χ0v) is 15.3. The molecule has 0 N–H and O–H groups in total. The van der Waals surface area contributed by atoms with Gasteiger partial charge in [-0.05, 0) is 54.8 Å². The molecule has 1 amide bonds. The molecule has 1 saturated heterocycles. The molecule has 0 unspecified atom stereocenters. The second-order valence-electron chi connectivity index (χ2n) is 7.57. The van der Waals surface area contributed by atoms with Crippen molar-refractivity contribution in [2.75, 3.05) is 32.7 Å². The molecule has 1 aliphatic heterocycles. The Morgan fingerprint density at radius 1 is 1.27 bits per heavy atom. The lowest BCUT2D eigenvalue weighted by Gasteiger charge is -2.25. The molecule has 1 aliphatic carbocycles. The van der Waals surface area contributed by atoms with Crippen LogP contribution >= 0.6 is 0 Å². The van der Waals surface area contributed by atoms with E-state index in [1.54, 1.807) is 6.92 Å². The smallest absolute Gasteiger partial charge is 0.342 e. The first kappa shape index (κ1) is 19.2. The van der Waals surface area contributed by atoms with Crippen LogP contribution in [0.3, 0.4) is 0 Å². The number of rotatable bonds is 6. The molecule has 3 rings (SSSR count). The number of alkyl halides is 3. The minimum absolute atomic E-state index is 0.0873. The highest BCUT2D eigenvalue weighted by atomic mass is 19.4. The number of halogens is 3. The van der Waals surface area contributed by atoms with Crippen LogP contribution in [0, 0.1) is 5.92 Å². The molecular formula is C20H27F3N2O. The summed E-state index contributed by atoms with van der Waals surface area (Å²) in [6.45, 7) is 2.87. The van der Waals surface area contributed by atoms with Gasteiger partial charge in [-0.15, -0.1) is 0 Å². The molecule has 26 heavy (non-hydrogen) atoms. The largest absolute Gasteiger partial charge is 0.401 e. The Hall–Kier alpha value is -1.56. The summed E-state index contributed by atoms with van der Waals surface area (Å²) in [6, 6.07) is 6.32. The minimum atomic E-state index is -4.17. The fraction of sp³-hybridized carbons (Fsp3) is 0.650. The molecule has 0 bridgehead atoms. The minimum Gasteiger partial charge on any atom is -0.342 e. The Bertz CT molecular complexity index is 644. The lowest BCUT2D eigenvalue weighted by molar-refractivity contribution is -0.146. The van der Waals surface area contributed by atoms with E-state index in [4.69, 9.17) is 0 Å². The molecule has 1 aromatic rings.